The molecule has 0 unspecified atom stereocenters. The molecule has 0 nitrogen and oxygen atoms in total. The molecule has 0 bridgehead atoms. The fourth-order valence-electron chi connectivity index (χ4n) is 3.30. The highest BCUT2D eigenvalue weighted by molar-refractivity contribution is 4.83. The number of unbranched alkanes of at least 4 members (excludes halogenated alkanes) is 3. The first-order valence-corrected chi connectivity index (χ1v) is 8.51. The summed E-state index contributed by atoms with van der Waals surface area (Å²) in [4.78, 5) is 0. The Bertz CT molecular complexity index is 196. The van der Waals surface area contributed by atoms with E-state index >= 15 is 0 Å². The number of hydrogen-bond donors (Lipinski definition) is 0. The molecule has 1 aliphatic rings. The van der Waals surface area contributed by atoms with Gasteiger partial charge in [-0.1, -0.05) is 77.4 Å². The van der Waals surface area contributed by atoms with Crippen molar-refractivity contribution in [1.82, 2.24) is 0 Å². The molecule has 0 N–H and O–H groups in total. The van der Waals surface area contributed by atoms with Gasteiger partial charge in [0.1, 0.15) is 0 Å². The molecule has 1 rings (SSSR count). The molecule has 0 heteroatoms. The molecule has 1 saturated carbocycles. The minimum absolute atomic E-state index is 1.04. The van der Waals surface area contributed by atoms with Crippen LogP contribution < -0.4 is 0 Å². The molecule has 0 aromatic rings. The molecule has 0 saturated heterocycles. The minimum atomic E-state index is 1.04. The van der Waals surface area contributed by atoms with Crippen LogP contribution in [-0.2, 0) is 0 Å². The molecule has 0 radical (unpaired) electrons. The predicted molar refractivity (Wildman–Crippen MR) is 82.9 cm³/mol. The largest absolute Gasteiger partial charge is 0.0885 e. The van der Waals surface area contributed by atoms with Crippen molar-refractivity contribution in [3.63, 3.8) is 0 Å². The monoisotopic (exact) mass is 250 g/mol. The third-order valence-corrected chi connectivity index (χ3v) is 4.55. The van der Waals surface area contributed by atoms with Gasteiger partial charge in [-0.3, -0.25) is 0 Å². The van der Waals surface area contributed by atoms with E-state index in [4.69, 9.17) is 0 Å². The summed E-state index contributed by atoms with van der Waals surface area (Å²) in [6.45, 7) is 4.61. The highest BCUT2D eigenvalue weighted by atomic mass is 14.2. The second-order valence-corrected chi connectivity index (χ2v) is 6.22. The number of rotatable bonds is 9. The van der Waals surface area contributed by atoms with Crippen LogP contribution in [0.4, 0.5) is 0 Å². The van der Waals surface area contributed by atoms with Crippen LogP contribution in [0.2, 0.25) is 0 Å². The Hall–Kier alpha value is -0.260. The first-order valence-electron chi connectivity index (χ1n) is 8.51. The van der Waals surface area contributed by atoms with Crippen molar-refractivity contribution < 1.29 is 0 Å². The van der Waals surface area contributed by atoms with E-state index in [1.165, 1.54) is 77.0 Å². The lowest BCUT2D eigenvalue weighted by Crippen LogP contribution is -2.14. The Labute approximate surface area is 115 Å². The van der Waals surface area contributed by atoms with Gasteiger partial charge in [0.05, 0.1) is 0 Å². The Morgan fingerprint density at radius 1 is 0.722 bits per heavy atom. The van der Waals surface area contributed by atoms with Crippen molar-refractivity contribution in [3.05, 3.63) is 12.2 Å². The maximum absolute atomic E-state index is 2.44. The van der Waals surface area contributed by atoms with Crippen LogP contribution in [0.15, 0.2) is 12.2 Å². The molecular weight excluding hydrogens is 216 g/mol. The minimum Gasteiger partial charge on any atom is -0.0885 e. The molecule has 0 spiro atoms. The van der Waals surface area contributed by atoms with Crippen molar-refractivity contribution >= 4 is 0 Å². The summed E-state index contributed by atoms with van der Waals surface area (Å²) in [6, 6.07) is 0. The summed E-state index contributed by atoms with van der Waals surface area (Å²) < 4.78 is 0. The van der Waals surface area contributed by atoms with Crippen LogP contribution in [0.1, 0.15) is 90.9 Å². The quantitative estimate of drug-likeness (QED) is 0.323. The van der Waals surface area contributed by atoms with Gasteiger partial charge in [-0.25, -0.2) is 0 Å². The summed E-state index contributed by atoms with van der Waals surface area (Å²) in [5, 5.41) is 0. The average Bonchev–Trinajstić information content (AvgIpc) is 2.40. The van der Waals surface area contributed by atoms with Crippen molar-refractivity contribution in [3.8, 4) is 0 Å². The zero-order valence-electron chi connectivity index (χ0n) is 12.8. The molecule has 18 heavy (non-hydrogen) atoms. The summed E-state index contributed by atoms with van der Waals surface area (Å²) in [7, 11) is 0. The topological polar surface area (TPSA) is 0 Å². The smallest absolute Gasteiger partial charge is 0.0348 e. The van der Waals surface area contributed by atoms with E-state index in [0.717, 1.165) is 11.8 Å². The molecule has 0 aliphatic heterocycles. The number of allylic oxidation sites excluding steroid dienone is 2. The van der Waals surface area contributed by atoms with Crippen molar-refractivity contribution in [2.24, 2.45) is 11.8 Å². The van der Waals surface area contributed by atoms with E-state index in [9.17, 15) is 0 Å². The first-order chi connectivity index (χ1) is 8.86. The second kappa shape index (κ2) is 10.6. The molecule has 1 aliphatic carbocycles. The average molecular weight is 250 g/mol. The second-order valence-electron chi connectivity index (χ2n) is 6.22. The summed E-state index contributed by atoms with van der Waals surface area (Å²) >= 11 is 0. The van der Waals surface area contributed by atoms with Crippen molar-refractivity contribution in [1.29, 1.82) is 0 Å². The standard InChI is InChI=1S/C18H34/c1-3-5-6-7-8-9-10-12-18-15-13-17(11-4-2)14-16-18/h8-9,17-18H,3-7,10-16H2,1-2H3/b9-8+. The molecule has 0 aromatic heterocycles. The zero-order chi connectivity index (χ0) is 13.1. The Morgan fingerprint density at radius 3 is 1.94 bits per heavy atom. The fourth-order valence-corrected chi connectivity index (χ4v) is 3.30. The van der Waals surface area contributed by atoms with Crippen LogP contribution in [0, 0.1) is 11.8 Å². The summed E-state index contributed by atoms with van der Waals surface area (Å²) in [5.41, 5.74) is 0. The Kier molecular flexibility index (Phi) is 9.34. The van der Waals surface area contributed by atoms with Gasteiger partial charge in [0.2, 0.25) is 0 Å². The summed E-state index contributed by atoms with van der Waals surface area (Å²) in [5.74, 6) is 2.11. The highest BCUT2D eigenvalue weighted by Gasteiger charge is 2.19. The molecule has 1 fully saturated rings. The fraction of sp³-hybridized carbons (Fsp3) is 0.889. The van der Waals surface area contributed by atoms with E-state index in [1.54, 1.807) is 0 Å². The van der Waals surface area contributed by atoms with E-state index in [0.29, 0.717) is 0 Å². The van der Waals surface area contributed by atoms with Crippen LogP contribution >= 0.6 is 0 Å². The van der Waals surface area contributed by atoms with E-state index in [-0.39, 0.29) is 0 Å². The van der Waals surface area contributed by atoms with Gasteiger partial charge in [-0.05, 0) is 37.5 Å². The molecule has 0 heterocycles. The maximum Gasteiger partial charge on any atom is -0.0348 e. The van der Waals surface area contributed by atoms with E-state index < -0.39 is 0 Å². The van der Waals surface area contributed by atoms with Gasteiger partial charge in [-0.15, -0.1) is 0 Å². The van der Waals surface area contributed by atoms with Gasteiger partial charge in [0, 0.05) is 0 Å². The van der Waals surface area contributed by atoms with E-state index in [2.05, 4.69) is 26.0 Å². The van der Waals surface area contributed by atoms with Crippen molar-refractivity contribution in [2.45, 2.75) is 90.9 Å². The number of hydrogen-bond acceptors (Lipinski definition) is 0. The van der Waals surface area contributed by atoms with Gasteiger partial charge in [0.15, 0.2) is 0 Å². The lowest BCUT2D eigenvalue weighted by Gasteiger charge is -2.28. The maximum atomic E-state index is 2.44. The molecule has 0 amide bonds. The first kappa shape index (κ1) is 15.8. The van der Waals surface area contributed by atoms with E-state index in [1.807, 2.05) is 0 Å². The molecular formula is C18H34. The SMILES string of the molecule is CCCCC/C=C/CCC1CCC(CCC)CC1. The Morgan fingerprint density at radius 2 is 1.33 bits per heavy atom. The van der Waals surface area contributed by atoms with Gasteiger partial charge in [0.25, 0.3) is 0 Å². The third kappa shape index (κ3) is 7.24. The Balaban J connectivity index is 1.97. The van der Waals surface area contributed by atoms with Gasteiger partial charge >= 0.3 is 0 Å². The van der Waals surface area contributed by atoms with Gasteiger partial charge in [-0.2, -0.15) is 0 Å². The predicted octanol–water partition coefficient (Wildman–Crippen LogP) is 6.51. The van der Waals surface area contributed by atoms with Crippen LogP contribution in [0.3, 0.4) is 0 Å². The molecule has 0 aromatic carbocycles. The van der Waals surface area contributed by atoms with Crippen molar-refractivity contribution in [2.75, 3.05) is 0 Å². The third-order valence-electron chi connectivity index (χ3n) is 4.55. The highest BCUT2D eigenvalue weighted by Crippen LogP contribution is 2.33. The lowest BCUT2D eigenvalue weighted by atomic mass is 9.78. The summed E-state index contributed by atoms with van der Waals surface area (Å²) in [6.07, 6.45) is 22.0. The normalized spacial score (nSPS) is 24.8. The lowest BCUT2D eigenvalue weighted by molar-refractivity contribution is 0.253. The molecule has 0 atom stereocenters. The van der Waals surface area contributed by atoms with Crippen LogP contribution in [0.25, 0.3) is 0 Å². The zero-order valence-corrected chi connectivity index (χ0v) is 12.8. The van der Waals surface area contributed by atoms with Gasteiger partial charge < -0.3 is 0 Å². The van der Waals surface area contributed by atoms with Crippen LogP contribution in [-0.4, -0.2) is 0 Å². The van der Waals surface area contributed by atoms with Crippen LogP contribution in [0.5, 0.6) is 0 Å². The molecule has 106 valence electrons.